The van der Waals surface area contributed by atoms with Crippen LogP contribution < -0.4 is 0 Å². The first kappa shape index (κ1) is 88.6. The monoisotopic (exact) mass is 1940 g/mol. The summed E-state index contributed by atoms with van der Waals surface area (Å²) >= 11 is 1.74. The first-order valence-corrected chi connectivity index (χ1v) is 50.1. The van der Waals surface area contributed by atoms with Crippen LogP contribution in [0.25, 0.3) is 295 Å². The lowest BCUT2D eigenvalue weighted by atomic mass is 10.0. The maximum absolute atomic E-state index is 6.69. The molecule has 704 valence electrons. The van der Waals surface area contributed by atoms with E-state index in [1.807, 2.05) is 303 Å². The highest BCUT2D eigenvalue weighted by molar-refractivity contribution is 7.26. The molecule has 0 radical (unpaired) electrons. The number of nitrogens with zero attached hydrogens (tertiary/aromatic N) is 12. The first-order valence-electron chi connectivity index (χ1n) is 49.3. The van der Waals surface area contributed by atoms with E-state index in [2.05, 4.69) is 170 Å². The van der Waals surface area contributed by atoms with Crippen LogP contribution in [0.15, 0.2) is 496 Å². The highest BCUT2D eigenvalue weighted by Gasteiger charge is 2.28. The minimum Gasteiger partial charge on any atom is -0.456 e. The van der Waals surface area contributed by atoms with E-state index >= 15 is 0 Å². The summed E-state index contributed by atoms with van der Waals surface area (Å²) in [6, 6.07) is 149. The van der Waals surface area contributed by atoms with Gasteiger partial charge in [-0.2, -0.15) is 0 Å². The molecule has 150 heavy (non-hydrogen) atoms. The van der Waals surface area contributed by atoms with E-state index in [9.17, 15) is 0 Å². The van der Waals surface area contributed by atoms with Crippen LogP contribution in [0, 0.1) is 0 Å². The SMILES string of the molecule is C=C/C=C\C=C\c1nc(-c2cccc3oc4c(-c5nc(-c6ccccc6)cc(-c6ccccc6)n5)cccc4c23)nc2c1oc1ccccc12.c1ccc(-c2cc(-c3ccccc3)nc(-c3ccc4oc5cccc(-c6nc(-c7ccccc7)c7sc8ccccc8c7n6)c5c4c3)n2)cc1.c1ccc(-c2cc(-c3ccccc3)nc(-c3cccc4c3oc3cc(-c5nc(-c6ccccc6)c6oc7ccccc7c6n5)ccc34)n2)cc1. The molecule has 0 atom stereocenters. The van der Waals surface area contributed by atoms with Crippen molar-refractivity contribution in [2.75, 3.05) is 0 Å². The first-order chi connectivity index (χ1) is 74.3. The van der Waals surface area contributed by atoms with E-state index in [0.29, 0.717) is 57.4 Å². The Morgan fingerprint density at radius 3 is 1.10 bits per heavy atom. The zero-order valence-electron chi connectivity index (χ0n) is 80.1. The molecule has 17 nitrogen and oxygen atoms in total. The van der Waals surface area contributed by atoms with Gasteiger partial charge in [0.2, 0.25) is 0 Å². The predicted molar refractivity (Wildman–Crippen MR) is 607 cm³/mol. The molecule has 0 saturated carbocycles. The number of fused-ring (bicyclic) bond motifs is 18. The lowest BCUT2D eigenvalue weighted by Gasteiger charge is -2.10. The van der Waals surface area contributed by atoms with E-state index in [1.165, 1.54) is 4.70 Å². The Morgan fingerprint density at radius 1 is 0.200 bits per heavy atom. The van der Waals surface area contributed by atoms with Gasteiger partial charge in [-0.05, 0) is 109 Å². The van der Waals surface area contributed by atoms with Gasteiger partial charge in [0.25, 0.3) is 0 Å². The van der Waals surface area contributed by atoms with Crippen molar-refractivity contribution in [2.24, 2.45) is 0 Å². The lowest BCUT2D eigenvalue weighted by molar-refractivity contribution is 0.664. The second-order valence-corrected chi connectivity index (χ2v) is 37.3. The second kappa shape index (κ2) is 38.1. The fourth-order valence-electron chi connectivity index (χ4n) is 19.9. The summed E-state index contributed by atoms with van der Waals surface area (Å²) < 4.78 is 34.7. The summed E-state index contributed by atoms with van der Waals surface area (Å²) in [7, 11) is 0. The number of aromatic nitrogens is 12. The lowest BCUT2D eigenvalue weighted by Crippen LogP contribution is -1.96. The summed E-state index contributed by atoms with van der Waals surface area (Å²) in [4.78, 5) is 61.3. The number of allylic oxidation sites excluding steroid dienone is 4. The molecule has 0 spiro atoms. The van der Waals surface area contributed by atoms with Gasteiger partial charge in [-0.15, -0.1) is 11.3 Å². The molecule has 0 unspecified atom stereocenters. The van der Waals surface area contributed by atoms with E-state index in [1.54, 1.807) is 17.4 Å². The molecule has 0 N–H and O–H groups in total. The topological polar surface area (TPSA) is 220 Å². The molecule has 17 aromatic carbocycles. The van der Waals surface area contributed by atoms with Crippen LogP contribution in [0.2, 0.25) is 0 Å². The van der Waals surface area contributed by atoms with Crippen molar-refractivity contribution in [2.45, 2.75) is 0 Å². The molecule has 12 heterocycles. The fourth-order valence-corrected chi connectivity index (χ4v) is 21.0. The number of para-hydroxylation sites is 4. The normalized spacial score (nSPS) is 11.7. The average Bonchev–Trinajstić information content (AvgIpc) is 1.60. The molecule has 0 bridgehead atoms. The third kappa shape index (κ3) is 16.5. The Bertz CT molecular complexity index is 10200. The summed E-state index contributed by atoms with van der Waals surface area (Å²) in [6.45, 7) is 3.77. The van der Waals surface area contributed by atoms with E-state index in [-0.39, 0.29) is 0 Å². The van der Waals surface area contributed by atoms with Gasteiger partial charge in [0, 0.05) is 120 Å². The second-order valence-electron chi connectivity index (χ2n) is 36.3. The quantitative estimate of drug-likeness (QED) is 0.0773. The van der Waals surface area contributed by atoms with E-state index < -0.39 is 0 Å². The zero-order valence-corrected chi connectivity index (χ0v) is 80.9. The van der Waals surface area contributed by atoms with Crippen LogP contribution in [-0.4, -0.2) is 59.8 Å². The molecular weight excluding hydrogens is 1870 g/mol. The Kier molecular flexibility index (Phi) is 22.5. The summed E-state index contributed by atoms with van der Waals surface area (Å²) in [6.07, 6.45) is 9.37. The van der Waals surface area contributed by atoms with Crippen LogP contribution in [0.3, 0.4) is 0 Å². The smallest absolute Gasteiger partial charge is 0.180 e. The number of benzene rings is 17. The molecule has 0 saturated heterocycles. The van der Waals surface area contributed by atoms with Crippen LogP contribution in [0.4, 0.5) is 0 Å². The molecule has 0 aliphatic carbocycles. The van der Waals surface area contributed by atoms with Gasteiger partial charge in [0.1, 0.15) is 67.1 Å². The Morgan fingerprint density at radius 2 is 0.560 bits per heavy atom. The van der Waals surface area contributed by atoms with Gasteiger partial charge in [-0.1, -0.05) is 371 Å². The van der Waals surface area contributed by atoms with Crippen molar-refractivity contribution >= 4 is 148 Å². The van der Waals surface area contributed by atoms with Gasteiger partial charge in [-0.3, -0.25) is 0 Å². The van der Waals surface area contributed by atoms with Crippen LogP contribution >= 0.6 is 11.3 Å². The number of rotatable bonds is 17. The Balaban J connectivity index is 0.000000111. The summed E-state index contributed by atoms with van der Waals surface area (Å²) in [5, 5.41) is 8.75. The molecule has 18 heteroatoms. The number of furan rings is 5. The molecule has 29 rings (SSSR count). The van der Waals surface area contributed by atoms with Crippen molar-refractivity contribution in [3.05, 3.63) is 479 Å². The molecule has 0 fully saturated rings. The molecule has 12 aromatic heterocycles. The van der Waals surface area contributed by atoms with Gasteiger partial charge in [-0.25, -0.2) is 59.8 Å². The molecule has 0 aliphatic rings. The van der Waals surface area contributed by atoms with Crippen molar-refractivity contribution in [3.8, 4) is 158 Å². The van der Waals surface area contributed by atoms with Crippen LogP contribution in [-0.2, 0) is 0 Å². The largest absolute Gasteiger partial charge is 0.456 e. The molecule has 29 aromatic rings. The van der Waals surface area contributed by atoms with Gasteiger partial charge < -0.3 is 22.1 Å². The summed E-state index contributed by atoms with van der Waals surface area (Å²) in [5.41, 5.74) is 30.5. The number of hydrogen-bond acceptors (Lipinski definition) is 18. The molecule has 0 amide bonds. The minimum atomic E-state index is 0.573. The molecule has 0 aliphatic heterocycles. The van der Waals surface area contributed by atoms with Crippen molar-refractivity contribution < 1.29 is 22.1 Å². The Labute approximate surface area is 861 Å². The minimum absolute atomic E-state index is 0.573. The predicted octanol–water partition coefficient (Wildman–Crippen LogP) is 34.8. The third-order valence-corrected chi connectivity index (χ3v) is 28.2. The molecular formula is C132H80N12O5S. The van der Waals surface area contributed by atoms with Crippen LogP contribution in [0.1, 0.15) is 5.69 Å². The maximum Gasteiger partial charge on any atom is 0.180 e. The maximum atomic E-state index is 6.69. The number of hydrogen-bond donors (Lipinski definition) is 0. The highest BCUT2D eigenvalue weighted by atomic mass is 32.1. The zero-order chi connectivity index (χ0) is 99.5. The van der Waals surface area contributed by atoms with E-state index in [0.717, 1.165) is 232 Å². The third-order valence-electron chi connectivity index (χ3n) is 27.0. The fraction of sp³-hybridized carbons (Fsp3) is 0. The van der Waals surface area contributed by atoms with Gasteiger partial charge in [0.05, 0.1) is 61.2 Å². The van der Waals surface area contributed by atoms with Gasteiger partial charge >= 0.3 is 0 Å². The highest BCUT2D eigenvalue weighted by Crippen LogP contribution is 2.48. The number of thiophene rings is 1. The standard InChI is InChI=1S/C44H26N4O2.C44H28N4O2.C44H26N4OS/c1-4-13-27(14-5-1)35-26-36(28-15-6-2-7-16-28)46-44(45-35)34-21-12-20-32-31-24-23-30(25-38(31)50-41(32)34)43-47-39(29-17-8-3-9-18-29)42-40(48-43)33-19-10-11-22-37(33)49-42;1-2-3-4-11-24-34-42-40(30-20-12-13-25-37(30)49-42)48-43(45-34)32-22-15-26-38-39(32)31-21-14-23-33(41(31)50-38)44-46-35(28-16-7-5-8-17-28)27-36(47-44)29-18-9-6-10-19-29;1-4-13-27(14-5-1)34-26-35(28-15-6-2-7-16-28)46-43(45-34)30-23-24-36-33(25-30)39-32(20-12-21-37(39)49-36)44-47-40(29-17-8-3-9-18-29)42-41(48-44)31-19-10-11-22-38(31)50-42/h1-26H;2-27H,1H2;1-26H/b;4-3-,24-11+;. The van der Waals surface area contributed by atoms with Crippen molar-refractivity contribution in [1.82, 2.24) is 59.8 Å². The van der Waals surface area contributed by atoms with Gasteiger partial charge in [0.15, 0.2) is 46.1 Å². The Hall–Kier alpha value is -20.3. The van der Waals surface area contributed by atoms with Crippen molar-refractivity contribution in [1.29, 1.82) is 0 Å². The van der Waals surface area contributed by atoms with Crippen LogP contribution in [0.5, 0.6) is 0 Å². The summed E-state index contributed by atoms with van der Waals surface area (Å²) in [5.74, 6) is 3.66. The average molecular weight is 1950 g/mol. The van der Waals surface area contributed by atoms with Crippen molar-refractivity contribution in [3.63, 3.8) is 0 Å². The van der Waals surface area contributed by atoms with E-state index in [4.69, 9.17) is 81.9 Å².